The summed E-state index contributed by atoms with van der Waals surface area (Å²) >= 11 is 2.94. The molecule has 13 nitrogen and oxygen atoms in total. The fourth-order valence-electron chi connectivity index (χ4n) is 3.20. The van der Waals surface area contributed by atoms with Crippen LogP contribution in [0.3, 0.4) is 0 Å². The molecule has 1 saturated heterocycles. The molecular weight excluding hydrogens is 480 g/mol. The van der Waals surface area contributed by atoms with Gasteiger partial charge in [-0.25, -0.2) is 9.19 Å². The van der Waals surface area contributed by atoms with Crippen LogP contribution >= 0.6 is 35.2 Å². The predicted molar refractivity (Wildman–Crippen MR) is 121 cm³/mol. The number of β-lactam (4-membered cyclic amide) rings is 1. The number of aliphatic carboxylic acids is 1. The van der Waals surface area contributed by atoms with Crippen molar-refractivity contribution in [3.63, 3.8) is 0 Å². The minimum absolute atomic E-state index is 0.0688. The maximum atomic E-state index is 12.8. The summed E-state index contributed by atoms with van der Waals surface area (Å²) < 4.78 is 8.08. The third-order valence-electron chi connectivity index (χ3n) is 4.54. The molecule has 0 bridgehead atoms. The van der Waals surface area contributed by atoms with Crippen molar-refractivity contribution in [1.29, 1.82) is 0 Å². The molecule has 2 amide bonds. The molecule has 1 aromatic rings. The SMILES string of the molecule is C=NS/C(SC1=C(C(=O)O)N2C(=O)C(NC(=O)/C(=N\O)c3nsc(N)n3)C2CC1)=C(/C)N. The first-order valence-corrected chi connectivity index (χ1v) is 11.2. The second-order valence-corrected chi connectivity index (χ2v) is 9.54. The van der Waals surface area contributed by atoms with Crippen LogP contribution in [0.2, 0.25) is 0 Å². The van der Waals surface area contributed by atoms with Gasteiger partial charge in [0, 0.05) is 34.1 Å². The highest BCUT2D eigenvalue weighted by Gasteiger charge is 2.54. The van der Waals surface area contributed by atoms with E-state index in [1.54, 1.807) is 6.92 Å². The first-order chi connectivity index (χ1) is 15.2. The Bertz CT molecular complexity index is 1080. The van der Waals surface area contributed by atoms with Crippen LogP contribution in [0.25, 0.3) is 0 Å². The van der Waals surface area contributed by atoms with Gasteiger partial charge in [0.05, 0.1) is 10.3 Å². The number of allylic oxidation sites excluding steroid dienone is 2. The molecule has 2 unspecified atom stereocenters. The number of carbonyl (C=O) groups excluding carboxylic acids is 2. The number of carbonyl (C=O) groups is 3. The van der Waals surface area contributed by atoms with Crippen LogP contribution in [0.1, 0.15) is 25.6 Å². The second kappa shape index (κ2) is 9.58. The van der Waals surface area contributed by atoms with Crippen LogP contribution < -0.4 is 16.8 Å². The number of hydrogen-bond acceptors (Lipinski definition) is 13. The lowest BCUT2D eigenvalue weighted by Crippen LogP contribution is -2.72. The number of carboxylic acid groups (broad SMARTS) is 1. The molecule has 2 atom stereocenters. The number of oxime groups is 1. The van der Waals surface area contributed by atoms with Crippen molar-refractivity contribution >= 4 is 70.6 Å². The van der Waals surface area contributed by atoms with Gasteiger partial charge in [-0.1, -0.05) is 16.9 Å². The van der Waals surface area contributed by atoms with Gasteiger partial charge in [-0.05, 0) is 26.5 Å². The lowest BCUT2D eigenvalue weighted by molar-refractivity contribution is -0.155. The number of rotatable bonds is 8. The number of nitrogen functional groups attached to an aromatic ring is 1. The van der Waals surface area contributed by atoms with Crippen molar-refractivity contribution in [2.24, 2.45) is 15.3 Å². The van der Waals surface area contributed by atoms with E-state index in [9.17, 15) is 24.7 Å². The van der Waals surface area contributed by atoms with Crippen molar-refractivity contribution in [2.75, 3.05) is 5.73 Å². The first-order valence-electron chi connectivity index (χ1n) is 8.88. The molecule has 2 aliphatic heterocycles. The molecule has 0 radical (unpaired) electrons. The Labute approximate surface area is 194 Å². The van der Waals surface area contributed by atoms with Crippen molar-refractivity contribution in [1.82, 2.24) is 19.6 Å². The lowest BCUT2D eigenvalue weighted by atomic mass is 9.86. The number of carboxylic acids is 1. The van der Waals surface area contributed by atoms with Crippen LogP contribution in [0.4, 0.5) is 5.13 Å². The van der Waals surface area contributed by atoms with Crippen molar-refractivity contribution in [2.45, 2.75) is 31.8 Å². The molecule has 1 aromatic heterocycles. The van der Waals surface area contributed by atoms with Gasteiger partial charge in [0.15, 0.2) is 5.13 Å². The summed E-state index contributed by atoms with van der Waals surface area (Å²) in [7, 11) is 0. The molecule has 32 heavy (non-hydrogen) atoms. The Morgan fingerprint density at radius 3 is 2.69 bits per heavy atom. The highest BCUT2D eigenvalue weighted by Crippen LogP contribution is 2.45. The van der Waals surface area contributed by atoms with Crippen LogP contribution in [-0.4, -0.2) is 66.9 Å². The van der Waals surface area contributed by atoms with Crippen LogP contribution in [0.5, 0.6) is 0 Å². The maximum Gasteiger partial charge on any atom is 0.353 e. The van der Waals surface area contributed by atoms with E-state index in [1.165, 1.54) is 0 Å². The van der Waals surface area contributed by atoms with E-state index in [-0.39, 0.29) is 16.7 Å². The van der Waals surface area contributed by atoms with Gasteiger partial charge in [-0.15, -0.1) is 0 Å². The second-order valence-electron chi connectivity index (χ2n) is 6.54. The van der Waals surface area contributed by atoms with Gasteiger partial charge in [0.2, 0.25) is 11.5 Å². The number of nitrogens with two attached hydrogens (primary N) is 2. The highest BCUT2D eigenvalue weighted by molar-refractivity contribution is 8.23. The number of anilines is 1. The Balaban J connectivity index is 1.80. The van der Waals surface area contributed by atoms with E-state index in [4.69, 9.17) is 11.5 Å². The highest BCUT2D eigenvalue weighted by atomic mass is 32.2. The summed E-state index contributed by atoms with van der Waals surface area (Å²) in [6.45, 7) is 5.04. The van der Waals surface area contributed by atoms with E-state index in [0.29, 0.717) is 27.7 Å². The smallest absolute Gasteiger partial charge is 0.353 e. The van der Waals surface area contributed by atoms with E-state index in [0.717, 1.165) is 40.1 Å². The van der Waals surface area contributed by atoms with Crippen LogP contribution in [0, 0.1) is 0 Å². The van der Waals surface area contributed by atoms with Gasteiger partial charge < -0.3 is 27.1 Å². The molecule has 0 aliphatic carbocycles. The summed E-state index contributed by atoms with van der Waals surface area (Å²) in [5.41, 5.74) is 11.1. The quantitative estimate of drug-likeness (QED) is 0.108. The van der Waals surface area contributed by atoms with E-state index >= 15 is 0 Å². The van der Waals surface area contributed by atoms with Crippen LogP contribution in [0.15, 0.2) is 30.1 Å². The molecule has 3 heterocycles. The number of fused-ring (bicyclic) bond motifs is 1. The van der Waals surface area contributed by atoms with Gasteiger partial charge >= 0.3 is 5.97 Å². The molecule has 0 saturated carbocycles. The number of nitrogens with zero attached hydrogens (tertiary/aromatic N) is 5. The number of hydrogen-bond donors (Lipinski definition) is 5. The van der Waals surface area contributed by atoms with Gasteiger partial charge in [0.1, 0.15) is 11.7 Å². The first kappa shape index (κ1) is 23.6. The molecule has 170 valence electrons. The monoisotopic (exact) mass is 498 g/mol. The molecule has 1 fully saturated rings. The molecular formula is C16H18N8O5S3. The fraction of sp³-hybridized carbons (Fsp3) is 0.312. The Hall–Kier alpha value is -3.11. The summed E-state index contributed by atoms with van der Waals surface area (Å²) in [6.07, 6.45) is 0.735. The van der Waals surface area contributed by atoms with Gasteiger partial charge in [0.25, 0.3) is 11.8 Å². The van der Waals surface area contributed by atoms with Crippen molar-refractivity contribution in [3.8, 4) is 0 Å². The summed E-state index contributed by atoms with van der Waals surface area (Å²) in [4.78, 5) is 42.6. The van der Waals surface area contributed by atoms with Gasteiger partial charge in [-0.3, -0.25) is 14.5 Å². The standard InChI is InChI=1S/C16H18N8O5S3/c1-5(17)15(31-19-2)30-7-4-3-6-8(13(26)24(6)10(7)14(27)28)20-12(25)9(22-29)11-21-16(18)32-23-11/h6,8,29H,2-4,17H2,1H3,(H,20,25)(H,27,28)(H2,18,21,23)/b15-5-,22-9-. The Kier molecular flexibility index (Phi) is 7.05. The largest absolute Gasteiger partial charge is 0.477 e. The van der Waals surface area contributed by atoms with E-state index in [1.807, 2.05) is 0 Å². The number of aromatic nitrogens is 2. The van der Waals surface area contributed by atoms with Crippen molar-refractivity contribution < 1.29 is 24.7 Å². The third-order valence-corrected chi connectivity index (χ3v) is 7.32. The average Bonchev–Trinajstić information content (AvgIpc) is 3.17. The predicted octanol–water partition coefficient (Wildman–Crippen LogP) is 0.314. The van der Waals surface area contributed by atoms with Gasteiger partial charge in [-0.2, -0.15) is 9.36 Å². The van der Waals surface area contributed by atoms with Crippen LogP contribution in [-0.2, 0) is 14.4 Å². The van der Waals surface area contributed by atoms with E-state index in [2.05, 4.69) is 30.9 Å². The average molecular weight is 499 g/mol. The summed E-state index contributed by atoms with van der Waals surface area (Å²) in [5, 5.41) is 24.4. The molecule has 0 aromatic carbocycles. The Morgan fingerprint density at radius 2 is 2.16 bits per heavy atom. The number of amides is 2. The molecule has 0 spiro atoms. The summed E-state index contributed by atoms with van der Waals surface area (Å²) in [6, 6.07) is -1.57. The van der Waals surface area contributed by atoms with Crippen molar-refractivity contribution in [3.05, 3.63) is 26.4 Å². The number of thioether (sulfide) groups is 1. The lowest BCUT2D eigenvalue weighted by Gasteiger charge is -2.50. The minimum atomic E-state index is -1.28. The zero-order valence-electron chi connectivity index (χ0n) is 16.5. The zero-order valence-corrected chi connectivity index (χ0v) is 19.0. The Morgan fingerprint density at radius 1 is 1.44 bits per heavy atom. The normalized spacial score (nSPS) is 21.5. The van der Waals surface area contributed by atoms with E-state index < -0.39 is 35.6 Å². The molecule has 7 N–H and O–H groups in total. The number of nitrogens with one attached hydrogen (secondary N) is 1. The topological polar surface area (TPSA) is 209 Å². The third kappa shape index (κ3) is 4.42. The zero-order chi connectivity index (χ0) is 23.6. The fourth-order valence-corrected chi connectivity index (χ4v) is 5.39. The molecule has 16 heteroatoms. The minimum Gasteiger partial charge on any atom is -0.477 e. The maximum absolute atomic E-state index is 12.8. The molecule has 2 aliphatic rings. The molecule has 3 rings (SSSR count). The summed E-state index contributed by atoms with van der Waals surface area (Å²) in [5.74, 6) is -2.96.